The number of hydrogen-bond acceptors (Lipinski definition) is 3. The summed E-state index contributed by atoms with van der Waals surface area (Å²) in [5.41, 5.74) is 1.94. The van der Waals surface area contributed by atoms with Gasteiger partial charge in [0.2, 0.25) is 0 Å². The summed E-state index contributed by atoms with van der Waals surface area (Å²) in [6.07, 6.45) is 2.69. The number of thioether (sulfide) groups is 1. The summed E-state index contributed by atoms with van der Waals surface area (Å²) in [7, 11) is 0. The monoisotopic (exact) mass is 246 g/mol. The van der Waals surface area contributed by atoms with Crippen molar-refractivity contribution in [2.75, 3.05) is 12.3 Å². The van der Waals surface area contributed by atoms with Crippen LogP contribution in [0.4, 0.5) is 0 Å². The third-order valence-corrected chi connectivity index (χ3v) is 4.59. The van der Waals surface area contributed by atoms with Crippen molar-refractivity contribution in [1.82, 2.24) is 5.32 Å². The van der Waals surface area contributed by atoms with Crippen LogP contribution < -0.4 is 5.32 Å². The van der Waals surface area contributed by atoms with Crippen LogP contribution in [0, 0.1) is 11.3 Å². The van der Waals surface area contributed by atoms with Crippen molar-refractivity contribution in [3.63, 3.8) is 0 Å². The van der Waals surface area contributed by atoms with Gasteiger partial charge in [-0.25, -0.2) is 0 Å². The number of nitrogens with one attached hydrogen (secondary N) is 1. The van der Waals surface area contributed by atoms with Gasteiger partial charge in [-0.15, -0.1) is 0 Å². The van der Waals surface area contributed by atoms with E-state index in [4.69, 9.17) is 5.26 Å². The molecule has 1 aromatic carbocycles. The van der Waals surface area contributed by atoms with Gasteiger partial charge in [-0.2, -0.15) is 17.0 Å². The van der Waals surface area contributed by atoms with Crippen molar-refractivity contribution in [3.8, 4) is 6.07 Å². The van der Waals surface area contributed by atoms with Gasteiger partial charge in [-0.1, -0.05) is 12.1 Å². The molecule has 1 fully saturated rings. The van der Waals surface area contributed by atoms with E-state index in [1.807, 2.05) is 18.2 Å². The Balaban J connectivity index is 1.89. The minimum atomic E-state index is 0.324. The average Bonchev–Trinajstić information content (AvgIpc) is 2.89. The van der Waals surface area contributed by atoms with Crippen LogP contribution in [0.25, 0.3) is 0 Å². The lowest BCUT2D eigenvalue weighted by Gasteiger charge is -2.17. The molecule has 1 heterocycles. The Morgan fingerprint density at radius 3 is 3.18 bits per heavy atom. The van der Waals surface area contributed by atoms with Crippen molar-refractivity contribution >= 4 is 11.8 Å². The molecule has 0 aromatic heterocycles. The predicted molar refractivity (Wildman–Crippen MR) is 73.1 cm³/mol. The lowest BCUT2D eigenvalue weighted by molar-refractivity contribution is 0.559. The molecule has 0 amide bonds. The van der Waals surface area contributed by atoms with Crippen LogP contribution in [0.3, 0.4) is 0 Å². The topological polar surface area (TPSA) is 35.8 Å². The molecule has 3 heteroatoms. The third kappa shape index (κ3) is 3.49. The van der Waals surface area contributed by atoms with Crippen LogP contribution in [-0.2, 0) is 0 Å². The molecular formula is C14H18N2S. The molecule has 2 rings (SSSR count). The van der Waals surface area contributed by atoms with Gasteiger partial charge in [0, 0.05) is 17.8 Å². The molecule has 0 radical (unpaired) electrons. The smallest absolute Gasteiger partial charge is 0.0991 e. The molecule has 2 atom stereocenters. The minimum absolute atomic E-state index is 0.324. The van der Waals surface area contributed by atoms with Gasteiger partial charge in [0.1, 0.15) is 0 Å². The highest BCUT2D eigenvalue weighted by Gasteiger charge is 2.16. The van der Waals surface area contributed by atoms with E-state index in [2.05, 4.69) is 36.1 Å². The normalized spacial score (nSPS) is 21.1. The summed E-state index contributed by atoms with van der Waals surface area (Å²) >= 11 is 2.07. The summed E-state index contributed by atoms with van der Waals surface area (Å²) in [6.45, 7) is 3.23. The maximum Gasteiger partial charge on any atom is 0.0991 e. The molecule has 1 N–H and O–H groups in total. The van der Waals surface area contributed by atoms with Crippen LogP contribution >= 0.6 is 11.8 Å². The highest BCUT2D eigenvalue weighted by atomic mass is 32.2. The van der Waals surface area contributed by atoms with E-state index in [9.17, 15) is 0 Å². The Hall–Kier alpha value is -0.980. The van der Waals surface area contributed by atoms with E-state index in [0.717, 1.165) is 17.4 Å². The first kappa shape index (κ1) is 12.5. The molecule has 1 aliphatic heterocycles. The molecule has 90 valence electrons. The highest BCUT2D eigenvalue weighted by Crippen LogP contribution is 2.26. The number of hydrogen-bond donors (Lipinski definition) is 1. The van der Waals surface area contributed by atoms with Crippen LogP contribution in [0.1, 0.15) is 36.9 Å². The Morgan fingerprint density at radius 1 is 1.59 bits per heavy atom. The second-order valence-electron chi connectivity index (χ2n) is 4.50. The Morgan fingerprint density at radius 2 is 2.47 bits per heavy atom. The fraction of sp³-hybridized carbons (Fsp3) is 0.500. The first-order valence-electron chi connectivity index (χ1n) is 6.14. The minimum Gasteiger partial charge on any atom is -0.309 e. The molecule has 0 saturated carbocycles. The van der Waals surface area contributed by atoms with Crippen molar-refractivity contribution in [2.45, 2.75) is 31.1 Å². The molecule has 0 aliphatic carbocycles. The quantitative estimate of drug-likeness (QED) is 0.886. The van der Waals surface area contributed by atoms with Crippen LogP contribution in [0.15, 0.2) is 24.3 Å². The SMILES string of the molecule is CC(NCC1CCCS1)c1cccc(C#N)c1. The first-order chi connectivity index (χ1) is 8.29. The Bertz CT molecular complexity index is 405. The molecule has 2 nitrogen and oxygen atoms in total. The van der Waals surface area contributed by atoms with Gasteiger partial charge < -0.3 is 5.32 Å². The standard InChI is InChI=1S/C14H18N2S/c1-11(16-10-14-6-3-7-17-14)13-5-2-4-12(8-13)9-15/h2,4-5,8,11,14,16H,3,6-7,10H2,1H3. The van der Waals surface area contributed by atoms with Gasteiger partial charge in [0.05, 0.1) is 11.6 Å². The van der Waals surface area contributed by atoms with Crippen LogP contribution in [0.2, 0.25) is 0 Å². The second-order valence-corrected chi connectivity index (χ2v) is 5.91. The number of benzene rings is 1. The van der Waals surface area contributed by atoms with Crippen molar-refractivity contribution in [1.29, 1.82) is 5.26 Å². The van der Waals surface area contributed by atoms with E-state index in [-0.39, 0.29) is 0 Å². The van der Waals surface area contributed by atoms with E-state index in [1.165, 1.54) is 24.2 Å². The molecule has 0 spiro atoms. The maximum absolute atomic E-state index is 8.87. The molecule has 2 unspecified atom stereocenters. The lowest BCUT2D eigenvalue weighted by atomic mass is 10.1. The molecular weight excluding hydrogens is 228 g/mol. The van der Waals surface area contributed by atoms with Gasteiger partial charge in [0.25, 0.3) is 0 Å². The molecule has 1 aromatic rings. The zero-order valence-corrected chi connectivity index (χ0v) is 11.0. The Kier molecular flexibility index (Phi) is 4.47. The van der Waals surface area contributed by atoms with Crippen molar-refractivity contribution < 1.29 is 0 Å². The van der Waals surface area contributed by atoms with E-state index < -0.39 is 0 Å². The van der Waals surface area contributed by atoms with E-state index >= 15 is 0 Å². The Labute approximate surface area is 107 Å². The maximum atomic E-state index is 8.87. The number of nitriles is 1. The van der Waals surface area contributed by atoms with Crippen LogP contribution in [-0.4, -0.2) is 17.5 Å². The number of rotatable bonds is 4. The summed E-state index contributed by atoms with van der Waals surface area (Å²) in [6, 6.07) is 10.4. The van der Waals surface area contributed by atoms with Crippen molar-refractivity contribution in [2.24, 2.45) is 0 Å². The zero-order chi connectivity index (χ0) is 12.1. The van der Waals surface area contributed by atoms with Gasteiger partial charge in [0.15, 0.2) is 0 Å². The van der Waals surface area contributed by atoms with Gasteiger partial charge in [-0.3, -0.25) is 0 Å². The molecule has 1 aliphatic rings. The van der Waals surface area contributed by atoms with Crippen molar-refractivity contribution in [3.05, 3.63) is 35.4 Å². The van der Waals surface area contributed by atoms with Gasteiger partial charge in [-0.05, 0) is 43.2 Å². The summed E-state index contributed by atoms with van der Waals surface area (Å²) in [5, 5.41) is 13.2. The summed E-state index contributed by atoms with van der Waals surface area (Å²) in [4.78, 5) is 0. The highest BCUT2D eigenvalue weighted by molar-refractivity contribution is 8.00. The van der Waals surface area contributed by atoms with Crippen LogP contribution in [0.5, 0.6) is 0 Å². The zero-order valence-electron chi connectivity index (χ0n) is 10.1. The number of nitrogens with zero attached hydrogens (tertiary/aromatic N) is 1. The summed E-state index contributed by atoms with van der Waals surface area (Å²) in [5.74, 6) is 1.31. The molecule has 17 heavy (non-hydrogen) atoms. The van der Waals surface area contributed by atoms with E-state index in [1.54, 1.807) is 0 Å². The lowest BCUT2D eigenvalue weighted by Crippen LogP contribution is -2.26. The van der Waals surface area contributed by atoms with Gasteiger partial charge >= 0.3 is 0 Å². The molecule has 1 saturated heterocycles. The largest absolute Gasteiger partial charge is 0.309 e. The predicted octanol–water partition coefficient (Wildman–Crippen LogP) is 3.10. The summed E-state index contributed by atoms with van der Waals surface area (Å²) < 4.78 is 0. The fourth-order valence-electron chi connectivity index (χ4n) is 2.11. The first-order valence-corrected chi connectivity index (χ1v) is 7.19. The molecule has 0 bridgehead atoms. The average molecular weight is 246 g/mol. The fourth-order valence-corrected chi connectivity index (χ4v) is 3.32. The van der Waals surface area contributed by atoms with E-state index in [0.29, 0.717) is 6.04 Å². The second kappa shape index (κ2) is 6.09. The third-order valence-electron chi connectivity index (χ3n) is 3.19.